The lowest BCUT2D eigenvalue weighted by Gasteiger charge is -2.21. The van der Waals surface area contributed by atoms with Gasteiger partial charge in [-0.2, -0.15) is 11.8 Å². The summed E-state index contributed by atoms with van der Waals surface area (Å²) in [5, 5.41) is 9.21. The first kappa shape index (κ1) is 23.6. The van der Waals surface area contributed by atoms with E-state index in [2.05, 4.69) is 27.9 Å². The number of nitrogens with one attached hydrogen (secondary N) is 3. The maximum Gasteiger partial charge on any atom is 0.407 e. The Balaban J connectivity index is 0.00000529. The van der Waals surface area contributed by atoms with E-state index in [1.165, 1.54) is 18.6 Å². The van der Waals surface area contributed by atoms with Gasteiger partial charge < -0.3 is 20.7 Å². The summed E-state index contributed by atoms with van der Waals surface area (Å²) in [7, 11) is 0. The first-order valence-corrected chi connectivity index (χ1v) is 9.36. The van der Waals surface area contributed by atoms with Gasteiger partial charge >= 0.3 is 6.09 Å². The van der Waals surface area contributed by atoms with Gasteiger partial charge in [-0.25, -0.2) is 4.79 Å². The summed E-state index contributed by atoms with van der Waals surface area (Å²) in [6.45, 7) is 12.6. The van der Waals surface area contributed by atoms with Crippen LogP contribution in [-0.2, 0) is 4.74 Å². The number of nitrogens with zero attached hydrogens (tertiary/aromatic N) is 1. The van der Waals surface area contributed by atoms with Crippen molar-refractivity contribution in [2.75, 3.05) is 31.9 Å². The Kier molecular flexibility index (Phi) is 11.1. The van der Waals surface area contributed by atoms with E-state index in [4.69, 9.17) is 4.74 Å². The average Bonchev–Trinajstić information content (AvgIpc) is 2.86. The molecule has 1 saturated heterocycles. The van der Waals surface area contributed by atoms with Gasteiger partial charge in [-0.1, -0.05) is 0 Å². The van der Waals surface area contributed by atoms with Crippen molar-refractivity contribution in [1.82, 2.24) is 16.0 Å². The molecule has 1 atom stereocenters. The molecule has 6 nitrogen and oxygen atoms in total. The standard InChI is InChI=1S/C16H32N4O2S.HI/c1-6-17-13(20-12-16(5)8-7-11-23-16)18-9-10-19-14(21)22-15(2,3)4;/h6-12H2,1-5H3,(H,19,21)(H2,17,18,20);1H. The Morgan fingerprint density at radius 1 is 1.25 bits per heavy atom. The third-order valence-electron chi connectivity index (χ3n) is 3.30. The summed E-state index contributed by atoms with van der Waals surface area (Å²) in [5.41, 5.74) is -0.470. The molecule has 1 fully saturated rings. The molecule has 1 unspecified atom stereocenters. The Labute approximate surface area is 167 Å². The number of carbonyl (C=O) groups excluding carboxylic acids is 1. The molecule has 0 aromatic heterocycles. The van der Waals surface area contributed by atoms with Crippen LogP contribution in [0.15, 0.2) is 4.99 Å². The number of carbonyl (C=O) groups is 1. The maximum atomic E-state index is 11.6. The number of alkyl carbamates (subject to hydrolysis) is 1. The summed E-state index contributed by atoms with van der Waals surface area (Å²) in [6, 6.07) is 0. The van der Waals surface area contributed by atoms with Crippen molar-refractivity contribution in [2.45, 2.75) is 57.8 Å². The second kappa shape index (κ2) is 11.3. The van der Waals surface area contributed by atoms with Gasteiger partial charge in [-0.05, 0) is 53.2 Å². The van der Waals surface area contributed by atoms with Gasteiger partial charge in [0.05, 0.1) is 6.54 Å². The van der Waals surface area contributed by atoms with E-state index in [0.29, 0.717) is 13.1 Å². The normalized spacial score (nSPS) is 21.0. The second-order valence-electron chi connectivity index (χ2n) is 6.95. The second-order valence-corrected chi connectivity index (χ2v) is 8.64. The SMILES string of the molecule is CCNC(=NCC1(C)CCCS1)NCCNC(=O)OC(C)(C)C.I. The van der Waals surface area contributed by atoms with Gasteiger partial charge in [0.1, 0.15) is 5.60 Å². The highest BCUT2D eigenvalue weighted by molar-refractivity contribution is 14.0. The van der Waals surface area contributed by atoms with Gasteiger partial charge in [-0.15, -0.1) is 24.0 Å². The molecule has 0 saturated carbocycles. The zero-order chi connectivity index (χ0) is 17.3. The molecule has 142 valence electrons. The number of amides is 1. The fourth-order valence-electron chi connectivity index (χ4n) is 2.21. The molecule has 3 N–H and O–H groups in total. The van der Waals surface area contributed by atoms with Crippen molar-refractivity contribution in [1.29, 1.82) is 0 Å². The molecule has 1 heterocycles. The summed E-state index contributed by atoms with van der Waals surface area (Å²) in [5.74, 6) is 2.03. The van der Waals surface area contributed by atoms with E-state index >= 15 is 0 Å². The van der Waals surface area contributed by atoms with Crippen LogP contribution < -0.4 is 16.0 Å². The lowest BCUT2D eigenvalue weighted by atomic mass is 10.1. The fourth-order valence-corrected chi connectivity index (χ4v) is 3.44. The van der Waals surface area contributed by atoms with E-state index in [1.807, 2.05) is 39.5 Å². The number of halogens is 1. The lowest BCUT2D eigenvalue weighted by Crippen LogP contribution is -2.43. The van der Waals surface area contributed by atoms with Gasteiger partial charge in [0, 0.05) is 24.4 Å². The summed E-state index contributed by atoms with van der Waals surface area (Å²) in [6.07, 6.45) is 2.11. The van der Waals surface area contributed by atoms with Crippen LogP contribution in [0.1, 0.15) is 47.5 Å². The molecule has 0 spiro atoms. The van der Waals surface area contributed by atoms with E-state index in [0.717, 1.165) is 19.0 Å². The van der Waals surface area contributed by atoms with Gasteiger partial charge in [-0.3, -0.25) is 4.99 Å². The molecule has 0 aromatic carbocycles. The molecule has 1 amide bonds. The topological polar surface area (TPSA) is 74.8 Å². The number of guanidine groups is 1. The number of hydrogen-bond acceptors (Lipinski definition) is 4. The van der Waals surface area contributed by atoms with Crippen LogP contribution in [-0.4, -0.2) is 54.3 Å². The predicted molar refractivity (Wildman–Crippen MR) is 114 cm³/mol. The van der Waals surface area contributed by atoms with Gasteiger partial charge in [0.15, 0.2) is 5.96 Å². The van der Waals surface area contributed by atoms with E-state index in [1.54, 1.807) is 0 Å². The highest BCUT2D eigenvalue weighted by Gasteiger charge is 2.29. The van der Waals surface area contributed by atoms with Crippen molar-refractivity contribution in [2.24, 2.45) is 4.99 Å². The highest BCUT2D eigenvalue weighted by atomic mass is 127. The quantitative estimate of drug-likeness (QED) is 0.240. The summed E-state index contributed by atoms with van der Waals surface area (Å²) >= 11 is 2.01. The van der Waals surface area contributed by atoms with Crippen LogP contribution in [0.4, 0.5) is 4.79 Å². The first-order valence-electron chi connectivity index (χ1n) is 8.37. The van der Waals surface area contributed by atoms with Crippen LogP contribution in [0, 0.1) is 0 Å². The highest BCUT2D eigenvalue weighted by Crippen LogP contribution is 2.37. The minimum atomic E-state index is -0.470. The number of hydrogen-bond donors (Lipinski definition) is 3. The molecule has 0 aromatic rings. The summed E-state index contributed by atoms with van der Waals surface area (Å²) in [4.78, 5) is 16.2. The van der Waals surface area contributed by atoms with Crippen LogP contribution in [0.25, 0.3) is 0 Å². The Bertz CT molecular complexity index is 407. The smallest absolute Gasteiger partial charge is 0.407 e. The number of aliphatic imine (C=N–C) groups is 1. The zero-order valence-corrected chi connectivity index (χ0v) is 18.7. The minimum absolute atomic E-state index is 0. The fraction of sp³-hybridized carbons (Fsp3) is 0.875. The van der Waals surface area contributed by atoms with Gasteiger partial charge in [0.25, 0.3) is 0 Å². The summed E-state index contributed by atoms with van der Waals surface area (Å²) < 4.78 is 5.46. The predicted octanol–water partition coefficient (Wildman–Crippen LogP) is 2.97. The number of thioether (sulfide) groups is 1. The monoisotopic (exact) mass is 472 g/mol. The Morgan fingerprint density at radius 3 is 2.46 bits per heavy atom. The lowest BCUT2D eigenvalue weighted by molar-refractivity contribution is 0.0529. The first-order chi connectivity index (χ1) is 10.7. The number of ether oxygens (including phenoxy) is 1. The molecule has 0 bridgehead atoms. The maximum absolute atomic E-state index is 11.6. The number of rotatable bonds is 6. The molecule has 0 radical (unpaired) electrons. The minimum Gasteiger partial charge on any atom is -0.444 e. The van der Waals surface area contributed by atoms with E-state index in [9.17, 15) is 4.79 Å². The van der Waals surface area contributed by atoms with Crippen LogP contribution in [0.5, 0.6) is 0 Å². The van der Waals surface area contributed by atoms with Crippen molar-refractivity contribution < 1.29 is 9.53 Å². The van der Waals surface area contributed by atoms with Crippen molar-refractivity contribution in [3.8, 4) is 0 Å². The van der Waals surface area contributed by atoms with Crippen molar-refractivity contribution in [3.63, 3.8) is 0 Å². The average molecular weight is 472 g/mol. The molecule has 1 aliphatic rings. The Hall–Kier alpha value is -0.380. The third-order valence-corrected chi connectivity index (χ3v) is 4.82. The van der Waals surface area contributed by atoms with Crippen LogP contribution >= 0.6 is 35.7 Å². The molecular weight excluding hydrogens is 439 g/mol. The molecule has 0 aliphatic carbocycles. The molecular formula is C16H33IN4O2S. The Morgan fingerprint density at radius 2 is 1.92 bits per heavy atom. The third kappa shape index (κ3) is 10.5. The molecule has 1 aliphatic heterocycles. The van der Waals surface area contributed by atoms with Crippen LogP contribution in [0.2, 0.25) is 0 Å². The van der Waals surface area contributed by atoms with Crippen molar-refractivity contribution in [3.05, 3.63) is 0 Å². The van der Waals surface area contributed by atoms with Crippen LogP contribution in [0.3, 0.4) is 0 Å². The molecule has 24 heavy (non-hydrogen) atoms. The van der Waals surface area contributed by atoms with E-state index < -0.39 is 11.7 Å². The van der Waals surface area contributed by atoms with Crippen molar-refractivity contribution >= 4 is 47.8 Å². The molecule has 8 heteroatoms. The largest absolute Gasteiger partial charge is 0.444 e. The molecule has 1 rings (SSSR count). The van der Waals surface area contributed by atoms with Gasteiger partial charge in [0.2, 0.25) is 0 Å². The van der Waals surface area contributed by atoms with E-state index in [-0.39, 0.29) is 28.7 Å². The zero-order valence-electron chi connectivity index (χ0n) is 15.5.